The number of thiazole rings is 1. The minimum atomic E-state index is -0.0821. The molecule has 1 heterocycles. The van der Waals surface area contributed by atoms with E-state index in [1.54, 1.807) is 18.1 Å². The summed E-state index contributed by atoms with van der Waals surface area (Å²) < 4.78 is 6.50. The van der Waals surface area contributed by atoms with Gasteiger partial charge in [-0.15, -0.1) is 0 Å². The van der Waals surface area contributed by atoms with Gasteiger partial charge in [0, 0.05) is 19.2 Å². The Kier molecular flexibility index (Phi) is 6.44. The first-order valence-electron chi connectivity index (χ1n) is 9.13. The number of hydrogen-bond donors (Lipinski definition) is 0. The number of carbonyl (C=O) groups is 1. The maximum absolute atomic E-state index is 13.0. The Balaban J connectivity index is 1.95. The van der Waals surface area contributed by atoms with E-state index >= 15 is 0 Å². The van der Waals surface area contributed by atoms with Crippen LogP contribution in [0, 0.1) is 6.92 Å². The molecule has 0 aliphatic rings. The molecule has 0 unspecified atom stereocenters. The number of aryl methyl sites for hydroxylation is 1. The van der Waals surface area contributed by atoms with Crippen LogP contribution in [0.4, 0.5) is 5.13 Å². The number of fused-ring (bicyclic) bond motifs is 1. The molecule has 0 bridgehead atoms. The first-order chi connectivity index (χ1) is 13.5. The standard InChI is InChI=1S/C22H25N3O2S/c1-16-10-12-18(27-4)20-21(16)28-22(23-20)25(15-14-24(2)3)19(26)13-11-17-8-6-5-7-9-17/h5-13H,14-15H2,1-4H3. The van der Waals surface area contributed by atoms with Crippen molar-refractivity contribution in [2.24, 2.45) is 0 Å². The van der Waals surface area contributed by atoms with Gasteiger partial charge in [0.25, 0.3) is 5.91 Å². The molecule has 0 N–H and O–H groups in total. The van der Waals surface area contributed by atoms with E-state index in [-0.39, 0.29) is 5.91 Å². The molecule has 146 valence electrons. The molecule has 0 fully saturated rings. The number of methoxy groups -OCH3 is 1. The van der Waals surface area contributed by atoms with E-state index in [1.165, 1.54) is 11.3 Å². The van der Waals surface area contributed by atoms with Gasteiger partial charge in [0.15, 0.2) is 5.13 Å². The van der Waals surface area contributed by atoms with Crippen molar-refractivity contribution >= 4 is 38.7 Å². The van der Waals surface area contributed by atoms with E-state index in [2.05, 4.69) is 4.90 Å². The van der Waals surface area contributed by atoms with Crippen LogP contribution >= 0.6 is 11.3 Å². The van der Waals surface area contributed by atoms with E-state index in [4.69, 9.17) is 9.72 Å². The van der Waals surface area contributed by atoms with Crippen LogP contribution in [0.15, 0.2) is 48.5 Å². The second-order valence-electron chi connectivity index (χ2n) is 6.80. The summed E-state index contributed by atoms with van der Waals surface area (Å²) in [6.45, 7) is 3.36. The van der Waals surface area contributed by atoms with Crippen molar-refractivity contribution in [3.63, 3.8) is 0 Å². The van der Waals surface area contributed by atoms with Crippen LogP contribution in [0.5, 0.6) is 5.75 Å². The van der Waals surface area contributed by atoms with E-state index in [9.17, 15) is 4.79 Å². The highest BCUT2D eigenvalue weighted by atomic mass is 32.1. The Morgan fingerprint density at radius 2 is 1.89 bits per heavy atom. The average molecular weight is 396 g/mol. The molecule has 0 spiro atoms. The number of carbonyl (C=O) groups excluding carboxylic acids is 1. The molecular weight excluding hydrogens is 370 g/mol. The van der Waals surface area contributed by atoms with E-state index in [1.807, 2.05) is 69.6 Å². The molecule has 0 atom stereocenters. The molecule has 0 saturated heterocycles. The molecule has 2 aromatic carbocycles. The van der Waals surface area contributed by atoms with Crippen molar-refractivity contribution < 1.29 is 9.53 Å². The normalized spacial score (nSPS) is 11.5. The van der Waals surface area contributed by atoms with E-state index < -0.39 is 0 Å². The third kappa shape index (κ3) is 4.58. The Morgan fingerprint density at radius 1 is 1.14 bits per heavy atom. The summed E-state index contributed by atoms with van der Waals surface area (Å²) in [6.07, 6.45) is 3.45. The first kappa shape index (κ1) is 20.0. The Morgan fingerprint density at radius 3 is 2.57 bits per heavy atom. The predicted molar refractivity (Wildman–Crippen MR) is 117 cm³/mol. The maximum Gasteiger partial charge on any atom is 0.252 e. The van der Waals surface area contributed by atoms with Crippen LogP contribution < -0.4 is 9.64 Å². The zero-order chi connectivity index (χ0) is 20.1. The van der Waals surface area contributed by atoms with Crippen LogP contribution in [0.25, 0.3) is 16.3 Å². The molecule has 0 aliphatic carbocycles. The van der Waals surface area contributed by atoms with Gasteiger partial charge in [0.05, 0.1) is 11.8 Å². The minimum absolute atomic E-state index is 0.0821. The summed E-state index contributed by atoms with van der Waals surface area (Å²) in [5.41, 5.74) is 2.92. The molecule has 1 aromatic heterocycles. The summed E-state index contributed by atoms with van der Waals surface area (Å²) in [6, 6.07) is 13.7. The molecule has 1 amide bonds. The smallest absolute Gasteiger partial charge is 0.252 e. The molecule has 3 rings (SSSR count). The number of aromatic nitrogens is 1. The quantitative estimate of drug-likeness (QED) is 0.562. The first-order valence-corrected chi connectivity index (χ1v) is 9.94. The Labute approximate surface area is 169 Å². The zero-order valence-electron chi connectivity index (χ0n) is 16.7. The molecule has 28 heavy (non-hydrogen) atoms. The number of ether oxygens (including phenoxy) is 1. The highest BCUT2D eigenvalue weighted by molar-refractivity contribution is 7.22. The predicted octanol–water partition coefficient (Wildman–Crippen LogP) is 4.22. The summed E-state index contributed by atoms with van der Waals surface area (Å²) in [7, 11) is 5.63. The fourth-order valence-corrected chi connectivity index (χ4v) is 3.88. The number of rotatable bonds is 7. The average Bonchev–Trinajstić information content (AvgIpc) is 3.13. The Bertz CT molecular complexity index is 980. The number of anilines is 1. The summed E-state index contributed by atoms with van der Waals surface area (Å²) in [5, 5.41) is 0.687. The van der Waals surface area contributed by atoms with Crippen LogP contribution in [0.3, 0.4) is 0 Å². The lowest BCUT2D eigenvalue weighted by atomic mass is 10.2. The van der Waals surface area contributed by atoms with Crippen molar-refractivity contribution in [2.75, 3.05) is 39.2 Å². The fraction of sp³-hybridized carbons (Fsp3) is 0.273. The van der Waals surface area contributed by atoms with Crippen molar-refractivity contribution in [1.29, 1.82) is 0 Å². The van der Waals surface area contributed by atoms with Crippen molar-refractivity contribution in [2.45, 2.75) is 6.92 Å². The van der Waals surface area contributed by atoms with Crippen LogP contribution in [-0.2, 0) is 4.79 Å². The SMILES string of the molecule is COc1ccc(C)c2sc(N(CCN(C)C)C(=O)C=Cc3ccccc3)nc12. The highest BCUT2D eigenvalue weighted by Gasteiger charge is 2.20. The molecule has 6 heteroatoms. The number of nitrogens with zero attached hydrogens (tertiary/aromatic N) is 3. The third-order valence-corrected chi connectivity index (χ3v) is 5.61. The van der Waals surface area contributed by atoms with Gasteiger partial charge in [-0.25, -0.2) is 4.98 Å². The summed E-state index contributed by atoms with van der Waals surface area (Å²) >= 11 is 1.52. The van der Waals surface area contributed by atoms with Gasteiger partial charge >= 0.3 is 0 Å². The van der Waals surface area contributed by atoms with E-state index in [0.29, 0.717) is 11.7 Å². The molecular formula is C22H25N3O2S. The lowest BCUT2D eigenvalue weighted by molar-refractivity contribution is -0.114. The number of benzene rings is 2. The topological polar surface area (TPSA) is 45.7 Å². The second-order valence-corrected chi connectivity index (χ2v) is 7.77. The summed E-state index contributed by atoms with van der Waals surface area (Å²) in [5.74, 6) is 0.643. The van der Waals surface area contributed by atoms with Crippen molar-refractivity contribution in [1.82, 2.24) is 9.88 Å². The molecule has 0 saturated carbocycles. The van der Waals surface area contributed by atoms with Crippen LogP contribution in [-0.4, -0.2) is 50.1 Å². The van der Waals surface area contributed by atoms with Gasteiger partial charge in [-0.1, -0.05) is 47.7 Å². The van der Waals surface area contributed by atoms with Gasteiger partial charge in [0.2, 0.25) is 0 Å². The fourth-order valence-electron chi connectivity index (χ4n) is 2.80. The van der Waals surface area contributed by atoms with Gasteiger partial charge < -0.3 is 9.64 Å². The van der Waals surface area contributed by atoms with Crippen molar-refractivity contribution in [3.8, 4) is 5.75 Å². The van der Waals surface area contributed by atoms with Crippen LogP contribution in [0.2, 0.25) is 0 Å². The van der Waals surface area contributed by atoms with Gasteiger partial charge in [-0.05, 0) is 44.3 Å². The Hall–Kier alpha value is -2.70. The highest BCUT2D eigenvalue weighted by Crippen LogP contribution is 2.36. The largest absolute Gasteiger partial charge is 0.494 e. The number of hydrogen-bond acceptors (Lipinski definition) is 5. The second kappa shape index (κ2) is 8.99. The van der Waals surface area contributed by atoms with E-state index in [0.717, 1.165) is 33.6 Å². The monoisotopic (exact) mass is 395 g/mol. The lowest BCUT2D eigenvalue weighted by Crippen LogP contribution is -2.35. The minimum Gasteiger partial charge on any atom is -0.494 e. The zero-order valence-corrected chi connectivity index (χ0v) is 17.5. The molecule has 0 radical (unpaired) electrons. The number of likely N-dealkylation sites (N-methyl/N-ethyl adjacent to an activating group) is 1. The molecule has 3 aromatic rings. The van der Waals surface area contributed by atoms with Gasteiger partial charge in [-0.3, -0.25) is 9.69 Å². The summed E-state index contributed by atoms with van der Waals surface area (Å²) in [4.78, 5) is 21.5. The lowest BCUT2D eigenvalue weighted by Gasteiger charge is -2.20. The molecule has 5 nitrogen and oxygen atoms in total. The molecule has 0 aliphatic heterocycles. The van der Waals surface area contributed by atoms with Crippen LogP contribution in [0.1, 0.15) is 11.1 Å². The number of amides is 1. The van der Waals surface area contributed by atoms with Crippen molar-refractivity contribution in [3.05, 3.63) is 59.7 Å². The third-order valence-electron chi connectivity index (χ3n) is 4.40. The maximum atomic E-state index is 13.0. The van der Waals surface area contributed by atoms with Gasteiger partial charge in [0.1, 0.15) is 11.3 Å². The van der Waals surface area contributed by atoms with Gasteiger partial charge in [-0.2, -0.15) is 0 Å².